The molecule has 6 rings (SSSR count). The Morgan fingerprint density at radius 3 is 2.77 bits per heavy atom. The van der Waals surface area contributed by atoms with Gasteiger partial charge in [-0.1, -0.05) is 12.1 Å². The first-order valence-corrected chi connectivity index (χ1v) is 10.7. The molecule has 4 N–H and O–H groups in total. The molecule has 3 heterocycles. The van der Waals surface area contributed by atoms with Crippen molar-refractivity contribution in [3.05, 3.63) is 23.8 Å². The van der Waals surface area contributed by atoms with E-state index < -0.39 is 40.1 Å². The lowest BCUT2D eigenvalue weighted by Crippen LogP contribution is -2.78. The maximum absolute atomic E-state index is 13.3. The number of aliphatic hydroxyl groups is 3. The van der Waals surface area contributed by atoms with E-state index in [1.807, 2.05) is 18.2 Å². The van der Waals surface area contributed by atoms with Crippen LogP contribution >= 0.6 is 0 Å². The summed E-state index contributed by atoms with van der Waals surface area (Å²) >= 11 is 0. The predicted molar refractivity (Wildman–Crippen MR) is 106 cm³/mol. The van der Waals surface area contributed by atoms with Crippen molar-refractivity contribution in [1.82, 2.24) is 4.90 Å². The Kier molecular flexibility index (Phi) is 3.45. The van der Waals surface area contributed by atoms with E-state index in [1.54, 1.807) is 7.11 Å². The van der Waals surface area contributed by atoms with Crippen LogP contribution in [0.4, 0.5) is 5.69 Å². The molecular weight excluding hydrogens is 388 g/mol. The second-order valence-corrected chi connectivity index (χ2v) is 9.83. The highest BCUT2D eigenvalue weighted by Crippen LogP contribution is 2.76. The fourth-order valence-electron chi connectivity index (χ4n) is 8.23. The van der Waals surface area contributed by atoms with Gasteiger partial charge >= 0.3 is 5.97 Å². The lowest BCUT2D eigenvalue weighted by molar-refractivity contribution is -0.227. The minimum absolute atomic E-state index is 0.200. The van der Waals surface area contributed by atoms with E-state index >= 15 is 0 Å². The first-order chi connectivity index (χ1) is 14.3. The van der Waals surface area contributed by atoms with Crippen LogP contribution in [0.3, 0.4) is 0 Å². The molecule has 0 radical (unpaired) electrons. The maximum Gasteiger partial charge on any atom is 0.316 e. The average Bonchev–Trinajstić information content (AvgIpc) is 3.39. The van der Waals surface area contributed by atoms with Crippen LogP contribution < -0.4 is 10.1 Å². The van der Waals surface area contributed by atoms with Crippen molar-refractivity contribution in [2.45, 2.75) is 55.1 Å². The number of para-hydroxylation sites is 1. The molecule has 4 fully saturated rings. The van der Waals surface area contributed by atoms with Crippen molar-refractivity contribution in [3.63, 3.8) is 0 Å². The fraction of sp³-hybridized carbons (Fsp3) is 0.682. The molecule has 7 atom stereocenters. The van der Waals surface area contributed by atoms with Gasteiger partial charge in [-0.15, -0.1) is 0 Å². The molecule has 162 valence electrons. The summed E-state index contributed by atoms with van der Waals surface area (Å²) in [5, 5.41) is 37.8. The summed E-state index contributed by atoms with van der Waals surface area (Å²) in [4.78, 5) is 15.5. The number of fused-ring (bicyclic) bond motifs is 3. The van der Waals surface area contributed by atoms with E-state index in [0.717, 1.165) is 5.56 Å². The Morgan fingerprint density at radius 2 is 2.03 bits per heavy atom. The minimum atomic E-state index is -1.58. The van der Waals surface area contributed by atoms with Crippen molar-refractivity contribution in [3.8, 4) is 5.75 Å². The molecule has 1 aromatic carbocycles. The van der Waals surface area contributed by atoms with Gasteiger partial charge in [0.05, 0.1) is 37.5 Å². The number of hydrogen-bond donors (Lipinski definition) is 4. The standard InChI is InChI=1S/C22H28N2O6/c1-29-14-5-3-4-12-15(14)23-22(28)20(18(27)30-2)7-6-19(11-20)16(26)13(25)10-24-9-8-21(12,22)17(19)24/h3-5,13,16-17,23,25-26,28H,6-11H2,1-2H3/t13-,16+,17+,19-,20+,21-,22-/m1/s1. The second kappa shape index (κ2) is 5.48. The lowest BCUT2D eigenvalue weighted by atomic mass is 9.47. The zero-order chi connectivity index (χ0) is 21.1. The van der Waals surface area contributed by atoms with Crippen molar-refractivity contribution < 1.29 is 29.6 Å². The first kappa shape index (κ1) is 18.9. The number of piperidine rings is 1. The van der Waals surface area contributed by atoms with Crippen LogP contribution in [0.15, 0.2) is 18.2 Å². The van der Waals surface area contributed by atoms with Gasteiger partial charge in [-0.3, -0.25) is 9.69 Å². The number of carbonyl (C=O) groups is 1. The summed E-state index contributed by atoms with van der Waals surface area (Å²) < 4.78 is 10.8. The number of ether oxygens (including phenoxy) is 2. The molecule has 8 heteroatoms. The SMILES string of the molecule is COC(=O)[C@]12CC[C@@]3(C1)[C@@H](O)[C@H](O)CN1CC[C@@]4(c5cccc(OC)c5N[C@@]24O)[C@@H]13. The summed E-state index contributed by atoms with van der Waals surface area (Å²) in [5.41, 5.74) is -2.69. The molecular formula is C22H28N2O6. The summed E-state index contributed by atoms with van der Waals surface area (Å²) in [6, 6.07) is 5.54. The molecule has 2 aliphatic carbocycles. The molecule has 2 bridgehead atoms. The lowest BCUT2D eigenvalue weighted by Gasteiger charge is -2.63. The molecule has 0 aromatic heterocycles. The highest BCUT2D eigenvalue weighted by Gasteiger charge is 2.85. The number of esters is 1. The number of carbonyl (C=O) groups excluding carboxylic acids is 1. The van der Waals surface area contributed by atoms with E-state index in [-0.39, 0.29) is 12.5 Å². The quantitative estimate of drug-likeness (QED) is 0.506. The van der Waals surface area contributed by atoms with E-state index in [0.29, 0.717) is 43.8 Å². The van der Waals surface area contributed by atoms with Crippen LogP contribution in [-0.2, 0) is 14.9 Å². The Morgan fingerprint density at radius 1 is 1.23 bits per heavy atom. The van der Waals surface area contributed by atoms with Crippen molar-refractivity contribution in [2.75, 3.05) is 32.6 Å². The smallest absolute Gasteiger partial charge is 0.316 e. The molecule has 0 amide bonds. The largest absolute Gasteiger partial charge is 0.495 e. The molecule has 2 spiro atoms. The van der Waals surface area contributed by atoms with Gasteiger partial charge in [0, 0.05) is 18.0 Å². The average molecular weight is 416 g/mol. The highest BCUT2D eigenvalue weighted by atomic mass is 16.5. The number of anilines is 1. The second-order valence-electron chi connectivity index (χ2n) is 9.83. The Hall–Kier alpha value is -1.87. The van der Waals surface area contributed by atoms with E-state index in [4.69, 9.17) is 9.47 Å². The highest BCUT2D eigenvalue weighted by molar-refractivity contribution is 5.85. The number of nitrogens with zero attached hydrogens (tertiary/aromatic N) is 1. The molecule has 3 aliphatic heterocycles. The van der Waals surface area contributed by atoms with Crippen LogP contribution in [0.2, 0.25) is 0 Å². The number of nitrogens with one attached hydrogen (secondary N) is 1. The van der Waals surface area contributed by atoms with Gasteiger partial charge in [-0.2, -0.15) is 0 Å². The number of aliphatic hydroxyl groups excluding tert-OH is 2. The zero-order valence-corrected chi connectivity index (χ0v) is 17.2. The summed E-state index contributed by atoms with van der Waals surface area (Å²) in [6.45, 7) is 1.03. The van der Waals surface area contributed by atoms with Crippen molar-refractivity contribution >= 4 is 11.7 Å². The molecule has 2 saturated carbocycles. The van der Waals surface area contributed by atoms with Crippen LogP contribution in [-0.4, -0.2) is 77.5 Å². The molecule has 0 unspecified atom stereocenters. The van der Waals surface area contributed by atoms with Crippen LogP contribution in [0, 0.1) is 10.8 Å². The van der Waals surface area contributed by atoms with Crippen molar-refractivity contribution in [1.29, 1.82) is 0 Å². The van der Waals surface area contributed by atoms with Crippen LogP contribution in [0.1, 0.15) is 31.2 Å². The van der Waals surface area contributed by atoms with E-state index in [2.05, 4.69) is 10.2 Å². The first-order valence-electron chi connectivity index (χ1n) is 10.7. The number of methoxy groups -OCH3 is 2. The fourth-order valence-corrected chi connectivity index (χ4v) is 8.23. The van der Waals surface area contributed by atoms with Crippen LogP contribution in [0.25, 0.3) is 0 Å². The maximum atomic E-state index is 13.3. The Labute approximate surface area is 174 Å². The Bertz CT molecular complexity index is 956. The molecule has 5 aliphatic rings. The monoisotopic (exact) mass is 416 g/mol. The van der Waals surface area contributed by atoms with Crippen molar-refractivity contribution in [2.24, 2.45) is 10.8 Å². The zero-order valence-electron chi connectivity index (χ0n) is 17.2. The normalized spacial score (nSPS) is 47.8. The molecule has 8 nitrogen and oxygen atoms in total. The minimum Gasteiger partial charge on any atom is -0.495 e. The summed E-state index contributed by atoms with van der Waals surface area (Å²) in [5.74, 6) is 0.147. The van der Waals surface area contributed by atoms with Gasteiger partial charge < -0.3 is 30.1 Å². The molecule has 30 heavy (non-hydrogen) atoms. The molecule has 1 aromatic rings. The van der Waals surface area contributed by atoms with E-state index in [1.165, 1.54) is 7.11 Å². The third kappa shape index (κ3) is 1.65. The summed E-state index contributed by atoms with van der Waals surface area (Å²) in [6.07, 6.45) is -0.0220. The Balaban J connectivity index is 1.69. The predicted octanol–water partition coefficient (Wildman–Crippen LogP) is 0.200. The summed E-state index contributed by atoms with van der Waals surface area (Å²) in [7, 11) is 2.94. The van der Waals surface area contributed by atoms with Gasteiger partial charge in [0.2, 0.25) is 0 Å². The number of rotatable bonds is 2. The topological polar surface area (TPSA) is 111 Å². The third-order valence-electron chi connectivity index (χ3n) is 9.14. The van der Waals surface area contributed by atoms with Crippen LogP contribution in [0.5, 0.6) is 5.75 Å². The van der Waals surface area contributed by atoms with Gasteiger partial charge in [0.15, 0.2) is 5.72 Å². The van der Waals surface area contributed by atoms with Gasteiger partial charge in [0.1, 0.15) is 11.2 Å². The number of benzene rings is 1. The number of hydrogen-bond acceptors (Lipinski definition) is 8. The van der Waals surface area contributed by atoms with E-state index in [9.17, 15) is 20.1 Å². The third-order valence-corrected chi connectivity index (χ3v) is 9.14. The van der Waals surface area contributed by atoms with Gasteiger partial charge in [-0.25, -0.2) is 0 Å². The van der Waals surface area contributed by atoms with Gasteiger partial charge in [-0.05, 0) is 43.9 Å². The molecule has 2 saturated heterocycles. The van der Waals surface area contributed by atoms with Gasteiger partial charge in [0.25, 0.3) is 0 Å².